The van der Waals surface area contributed by atoms with Crippen molar-refractivity contribution in [3.63, 3.8) is 0 Å². The zero-order chi connectivity index (χ0) is 15.1. The molecule has 1 aromatic rings. The number of hydrogen-bond donors (Lipinski definition) is 2. The number of amides is 2. The molecule has 0 spiro atoms. The molecule has 1 aliphatic heterocycles. The van der Waals surface area contributed by atoms with E-state index in [9.17, 15) is 9.59 Å². The van der Waals surface area contributed by atoms with Crippen LogP contribution in [0.4, 0.5) is 0 Å². The van der Waals surface area contributed by atoms with Gasteiger partial charge in [0.05, 0.1) is 0 Å². The van der Waals surface area contributed by atoms with Crippen molar-refractivity contribution in [2.45, 2.75) is 25.8 Å². The Balaban J connectivity index is 2.03. The maximum Gasteiger partial charge on any atom is 0.226 e. The van der Waals surface area contributed by atoms with Gasteiger partial charge in [0, 0.05) is 25.4 Å². The Morgan fingerprint density at radius 2 is 1.86 bits per heavy atom. The quantitative estimate of drug-likeness (QED) is 0.816. The van der Waals surface area contributed by atoms with Crippen LogP contribution in [0.5, 0.6) is 0 Å². The molecule has 1 heterocycles. The van der Waals surface area contributed by atoms with Gasteiger partial charge in [-0.05, 0) is 31.5 Å². The summed E-state index contributed by atoms with van der Waals surface area (Å²) in [6.07, 6.45) is 1.94. The van der Waals surface area contributed by atoms with Gasteiger partial charge in [-0.2, -0.15) is 0 Å². The van der Waals surface area contributed by atoms with Gasteiger partial charge >= 0.3 is 0 Å². The number of nitrogens with zero attached hydrogens (tertiary/aromatic N) is 1. The summed E-state index contributed by atoms with van der Waals surface area (Å²) in [7, 11) is 0. The number of piperidine rings is 1. The Morgan fingerprint density at radius 1 is 1.19 bits per heavy atom. The van der Waals surface area contributed by atoms with E-state index in [1.54, 1.807) is 4.90 Å². The van der Waals surface area contributed by atoms with E-state index in [0.717, 1.165) is 31.5 Å². The molecule has 2 rings (SSSR count). The highest BCUT2D eigenvalue weighted by Crippen LogP contribution is 2.17. The number of nitrogens with one attached hydrogen (secondary N) is 1. The molecule has 3 N–H and O–H groups in total. The fourth-order valence-electron chi connectivity index (χ4n) is 2.64. The number of rotatable bonds is 6. The summed E-state index contributed by atoms with van der Waals surface area (Å²) in [5, 5.41) is 3.26. The summed E-state index contributed by atoms with van der Waals surface area (Å²) in [5.74, 6) is -0.171. The van der Waals surface area contributed by atoms with Crippen molar-refractivity contribution in [3.8, 4) is 0 Å². The van der Waals surface area contributed by atoms with Crippen molar-refractivity contribution >= 4 is 11.8 Å². The smallest absolute Gasteiger partial charge is 0.226 e. The fourth-order valence-corrected chi connectivity index (χ4v) is 2.64. The summed E-state index contributed by atoms with van der Waals surface area (Å²) in [4.78, 5) is 25.5. The van der Waals surface area contributed by atoms with Gasteiger partial charge < -0.3 is 16.0 Å². The normalized spacial score (nSPS) is 15.6. The molecule has 1 aromatic carbocycles. The van der Waals surface area contributed by atoms with Gasteiger partial charge in [-0.1, -0.05) is 30.3 Å². The average Bonchev–Trinajstić information content (AvgIpc) is 2.52. The van der Waals surface area contributed by atoms with E-state index in [2.05, 4.69) is 5.32 Å². The van der Waals surface area contributed by atoms with Gasteiger partial charge in [0.2, 0.25) is 11.8 Å². The van der Waals surface area contributed by atoms with E-state index in [1.165, 1.54) is 0 Å². The standard InChI is InChI=1S/C16H23N3O2/c17-15(20)8-11-19(12-13-4-2-1-3-5-13)16(21)14-6-9-18-10-7-14/h1-5,14,18H,6-12H2,(H2,17,20). The summed E-state index contributed by atoms with van der Waals surface area (Å²) >= 11 is 0. The van der Waals surface area contributed by atoms with E-state index in [1.807, 2.05) is 30.3 Å². The summed E-state index contributed by atoms with van der Waals surface area (Å²) < 4.78 is 0. The summed E-state index contributed by atoms with van der Waals surface area (Å²) in [5.41, 5.74) is 6.30. The molecule has 0 saturated carbocycles. The molecule has 114 valence electrons. The Kier molecular flexibility index (Phi) is 5.75. The lowest BCUT2D eigenvalue weighted by Gasteiger charge is -2.29. The second-order valence-electron chi connectivity index (χ2n) is 5.49. The lowest BCUT2D eigenvalue weighted by Crippen LogP contribution is -2.41. The highest BCUT2D eigenvalue weighted by atomic mass is 16.2. The Morgan fingerprint density at radius 3 is 2.48 bits per heavy atom. The molecule has 0 unspecified atom stereocenters. The van der Waals surface area contributed by atoms with E-state index in [4.69, 9.17) is 5.73 Å². The molecule has 1 saturated heterocycles. The largest absolute Gasteiger partial charge is 0.370 e. The maximum atomic E-state index is 12.7. The number of nitrogens with two attached hydrogens (primary N) is 1. The third-order valence-corrected chi connectivity index (χ3v) is 3.84. The molecule has 21 heavy (non-hydrogen) atoms. The molecule has 0 bridgehead atoms. The Labute approximate surface area is 125 Å². The third kappa shape index (κ3) is 4.86. The Hall–Kier alpha value is -1.88. The van der Waals surface area contributed by atoms with Crippen LogP contribution >= 0.6 is 0 Å². The summed E-state index contributed by atoms with van der Waals surface area (Å²) in [6, 6.07) is 9.85. The topological polar surface area (TPSA) is 75.4 Å². The molecule has 5 nitrogen and oxygen atoms in total. The number of benzene rings is 1. The van der Waals surface area contributed by atoms with Crippen molar-refractivity contribution in [1.82, 2.24) is 10.2 Å². The highest BCUT2D eigenvalue weighted by molar-refractivity contribution is 5.80. The number of carbonyl (C=O) groups excluding carboxylic acids is 2. The first kappa shape index (κ1) is 15.5. The minimum Gasteiger partial charge on any atom is -0.370 e. The first-order chi connectivity index (χ1) is 10.2. The van der Waals surface area contributed by atoms with Crippen LogP contribution in [0.1, 0.15) is 24.8 Å². The third-order valence-electron chi connectivity index (χ3n) is 3.84. The van der Waals surface area contributed by atoms with Crippen LogP contribution in [0.3, 0.4) is 0 Å². The average molecular weight is 289 g/mol. The van der Waals surface area contributed by atoms with E-state index in [-0.39, 0.29) is 24.2 Å². The SMILES string of the molecule is NC(=O)CCN(Cc1ccccc1)C(=O)C1CCNCC1. The zero-order valence-electron chi connectivity index (χ0n) is 12.3. The molecule has 0 radical (unpaired) electrons. The van der Waals surface area contributed by atoms with Crippen LogP contribution in [0, 0.1) is 5.92 Å². The Bertz CT molecular complexity index is 470. The molecule has 5 heteroatoms. The van der Waals surface area contributed by atoms with Gasteiger partial charge in [-0.3, -0.25) is 9.59 Å². The molecular formula is C16H23N3O2. The lowest BCUT2D eigenvalue weighted by atomic mass is 9.96. The molecule has 1 fully saturated rings. The lowest BCUT2D eigenvalue weighted by molar-refractivity contribution is -0.137. The minimum atomic E-state index is -0.369. The van der Waals surface area contributed by atoms with Crippen LogP contribution in [0.25, 0.3) is 0 Å². The van der Waals surface area contributed by atoms with Gasteiger partial charge in [0.25, 0.3) is 0 Å². The van der Waals surface area contributed by atoms with Crippen molar-refractivity contribution in [3.05, 3.63) is 35.9 Å². The molecule has 0 aliphatic carbocycles. The van der Waals surface area contributed by atoms with E-state index in [0.29, 0.717) is 13.1 Å². The second kappa shape index (κ2) is 7.78. The molecule has 0 aromatic heterocycles. The second-order valence-corrected chi connectivity index (χ2v) is 5.49. The summed E-state index contributed by atoms with van der Waals surface area (Å²) in [6.45, 7) is 2.70. The van der Waals surface area contributed by atoms with Crippen LogP contribution in [0.15, 0.2) is 30.3 Å². The van der Waals surface area contributed by atoms with E-state index >= 15 is 0 Å². The number of primary amides is 1. The predicted octanol–water partition coefficient (Wildman–Crippen LogP) is 0.890. The highest BCUT2D eigenvalue weighted by Gasteiger charge is 2.26. The van der Waals surface area contributed by atoms with Crippen LogP contribution in [-0.2, 0) is 16.1 Å². The first-order valence-corrected chi connectivity index (χ1v) is 7.48. The van der Waals surface area contributed by atoms with Crippen LogP contribution in [-0.4, -0.2) is 36.3 Å². The minimum absolute atomic E-state index is 0.0582. The van der Waals surface area contributed by atoms with Crippen molar-refractivity contribution in [1.29, 1.82) is 0 Å². The van der Waals surface area contributed by atoms with Gasteiger partial charge in [-0.15, -0.1) is 0 Å². The number of carbonyl (C=O) groups is 2. The molecule has 0 atom stereocenters. The monoisotopic (exact) mass is 289 g/mol. The maximum absolute atomic E-state index is 12.7. The van der Waals surface area contributed by atoms with E-state index < -0.39 is 0 Å². The molecule has 2 amide bonds. The predicted molar refractivity (Wildman–Crippen MR) is 81.3 cm³/mol. The fraction of sp³-hybridized carbons (Fsp3) is 0.500. The molecular weight excluding hydrogens is 266 g/mol. The zero-order valence-corrected chi connectivity index (χ0v) is 12.3. The van der Waals surface area contributed by atoms with Crippen molar-refractivity contribution < 1.29 is 9.59 Å². The van der Waals surface area contributed by atoms with Crippen LogP contribution in [0.2, 0.25) is 0 Å². The van der Waals surface area contributed by atoms with Crippen molar-refractivity contribution in [2.24, 2.45) is 11.7 Å². The van der Waals surface area contributed by atoms with Gasteiger partial charge in [0.15, 0.2) is 0 Å². The van der Waals surface area contributed by atoms with Crippen LogP contribution < -0.4 is 11.1 Å². The van der Waals surface area contributed by atoms with Gasteiger partial charge in [0.1, 0.15) is 0 Å². The number of hydrogen-bond acceptors (Lipinski definition) is 3. The van der Waals surface area contributed by atoms with Crippen molar-refractivity contribution in [2.75, 3.05) is 19.6 Å². The van der Waals surface area contributed by atoms with Gasteiger partial charge in [-0.25, -0.2) is 0 Å². The first-order valence-electron chi connectivity index (χ1n) is 7.48. The molecule has 1 aliphatic rings.